The Bertz CT molecular complexity index is 433. The van der Waals surface area contributed by atoms with Gasteiger partial charge in [0.2, 0.25) is 0 Å². The van der Waals surface area contributed by atoms with Crippen LogP contribution in [0.2, 0.25) is 0 Å². The Morgan fingerprint density at radius 2 is 2.27 bits per heavy atom. The summed E-state index contributed by atoms with van der Waals surface area (Å²) in [6.07, 6.45) is 3.80. The first-order valence-corrected chi connectivity index (χ1v) is 6.49. The molecule has 15 heavy (non-hydrogen) atoms. The second kappa shape index (κ2) is 4.75. The molecular weight excluding hydrogens is 202 g/mol. The van der Waals surface area contributed by atoms with Crippen molar-refractivity contribution >= 4 is 21.6 Å². The molecule has 0 spiro atoms. The Morgan fingerprint density at radius 1 is 1.40 bits per heavy atom. The molecule has 2 heteroatoms. The Morgan fingerprint density at radius 3 is 3.07 bits per heavy atom. The van der Waals surface area contributed by atoms with Gasteiger partial charge in [-0.25, -0.2) is 4.98 Å². The van der Waals surface area contributed by atoms with E-state index in [1.54, 1.807) is 11.3 Å². The lowest BCUT2D eigenvalue weighted by Gasteiger charge is -2.09. The highest BCUT2D eigenvalue weighted by Gasteiger charge is 2.04. The molecule has 1 aromatic carbocycles. The molecule has 0 bridgehead atoms. The molecule has 0 N–H and O–H groups in total. The summed E-state index contributed by atoms with van der Waals surface area (Å²) in [5.41, 5.74) is 4.50. The van der Waals surface area contributed by atoms with E-state index in [4.69, 9.17) is 0 Å². The van der Waals surface area contributed by atoms with Crippen LogP contribution < -0.4 is 0 Å². The lowest BCUT2D eigenvalue weighted by Crippen LogP contribution is -1.98. The molecular formula is C13H17NS. The summed E-state index contributed by atoms with van der Waals surface area (Å²) in [4.78, 5) is 4.29. The predicted molar refractivity (Wildman–Crippen MR) is 67.4 cm³/mol. The number of rotatable bonds is 4. The van der Waals surface area contributed by atoms with E-state index in [0.717, 1.165) is 11.4 Å². The van der Waals surface area contributed by atoms with Gasteiger partial charge in [0.15, 0.2) is 0 Å². The van der Waals surface area contributed by atoms with Crippen LogP contribution in [0, 0.1) is 5.92 Å². The lowest BCUT2D eigenvalue weighted by molar-refractivity contribution is 0.523. The molecule has 80 valence electrons. The van der Waals surface area contributed by atoms with Gasteiger partial charge in [0.05, 0.1) is 15.7 Å². The van der Waals surface area contributed by atoms with Crippen molar-refractivity contribution in [3.05, 3.63) is 29.3 Å². The first-order valence-electron chi connectivity index (χ1n) is 5.61. The van der Waals surface area contributed by atoms with Crippen molar-refractivity contribution in [1.29, 1.82) is 0 Å². The molecule has 0 amide bonds. The van der Waals surface area contributed by atoms with Crippen LogP contribution in [0.3, 0.4) is 0 Å². The normalized spacial score (nSPS) is 13.2. The van der Waals surface area contributed by atoms with Crippen molar-refractivity contribution in [2.75, 3.05) is 0 Å². The van der Waals surface area contributed by atoms with Crippen molar-refractivity contribution in [1.82, 2.24) is 4.98 Å². The minimum absolute atomic E-state index is 0.792. The predicted octanol–water partition coefficient (Wildman–Crippen LogP) is 4.28. The van der Waals surface area contributed by atoms with E-state index >= 15 is 0 Å². The van der Waals surface area contributed by atoms with Crippen LogP contribution >= 0.6 is 11.3 Å². The molecule has 0 saturated heterocycles. The zero-order chi connectivity index (χ0) is 10.7. The first-order chi connectivity index (χ1) is 7.29. The van der Waals surface area contributed by atoms with Gasteiger partial charge in [-0.05, 0) is 30.0 Å². The summed E-state index contributed by atoms with van der Waals surface area (Å²) in [6, 6.07) is 6.65. The topological polar surface area (TPSA) is 12.9 Å². The summed E-state index contributed by atoms with van der Waals surface area (Å²) < 4.78 is 1.32. The molecule has 0 aliphatic heterocycles. The molecule has 0 aliphatic rings. The highest BCUT2D eigenvalue weighted by Crippen LogP contribution is 2.21. The monoisotopic (exact) mass is 219 g/mol. The number of aromatic nitrogens is 1. The third kappa shape index (κ3) is 2.57. The summed E-state index contributed by atoms with van der Waals surface area (Å²) in [6.45, 7) is 4.59. The largest absolute Gasteiger partial charge is 0.245 e. The average Bonchev–Trinajstić information content (AvgIpc) is 2.65. The van der Waals surface area contributed by atoms with Crippen LogP contribution in [0.25, 0.3) is 10.2 Å². The van der Waals surface area contributed by atoms with Gasteiger partial charge in [-0.1, -0.05) is 32.8 Å². The molecule has 1 aromatic heterocycles. The number of thiazole rings is 1. The van der Waals surface area contributed by atoms with Crippen LogP contribution in [0.5, 0.6) is 0 Å². The molecule has 0 aliphatic carbocycles. The smallest absolute Gasteiger partial charge is 0.0812 e. The van der Waals surface area contributed by atoms with Crippen LogP contribution in [0.4, 0.5) is 0 Å². The third-order valence-corrected chi connectivity index (χ3v) is 3.55. The molecule has 1 heterocycles. The number of benzene rings is 1. The Hall–Kier alpha value is -0.890. The fourth-order valence-corrected chi connectivity index (χ4v) is 2.76. The molecule has 2 rings (SSSR count). The minimum Gasteiger partial charge on any atom is -0.245 e. The maximum absolute atomic E-state index is 4.29. The van der Waals surface area contributed by atoms with E-state index in [0.29, 0.717) is 0 Å². The van der Waals surface area contributed by atoms with Crippen molar-refractivity contribution < 1.29 is 0 Å². The summed E-state index contributed by atoms with van der Waals surface area (Å²) in [5.74, 6) is 0.792. The van der Waals surface area contributed by atoms with Gasteiger partial charge >= 0.3 is 0 Å². The zero-order valence-electron chi connectivity index (χ0n) is 9.36. The maximum Gasteiger partial charge on any atom is 0.0812 e. The quantitative estimate of drug-likeness (QED) is 0.748. The summed E-state index contributed by atoms with van der Waals surface area (Å²) in [5, 5.41) is 0. The van der Waals surface area contributed by atoms with E-state index in [9.17, 15) is 0 Å². The lowest BCUT2D eigenvalue weighted by atomic mass is 9.97. The maximum atomic E-state index is 4.29. The van der Waals surface area contributed by atoms with Crippen LogP contribution in [0.1, 0.15) is 32.3 Å². The van der Waals surface area contributed by atoms with Gasteiger partial charge in [-0.3, -0.25) is 0 Å². The van der Waals surface area contributed by atoms with Gasteiger partial charge in [-0.2, -0.15) is 0 Å². The van der Waals surface area contributed by atoms with E-state index in [2.05, 4.69) is 37.0 Å². The third-order valence-electron chi connectivity index (χ3n) is 2.76. The molecule has 1 atom stereocenters. The van der Waals surface area contributed by atoms with E-state index in [1.807, 2.05) is 5.51 Å². The summed E-state index contributed by atoms with van der Waals surface area (Å²) in [7, 11) is 0. The number of nitrogens with zero attached hydrogens (tertiary/aromatic N) is 1. The fourth-order valence-electron chi connectivity index (χ4n) is 2.02. The Labute approximate surface area is 95.2 Å². The zero-order valence-corrected chi connectivity index (χ0v) is 10.2. The van der Waals surface area contributed by atoms with Crippen LogP contribution in [-0.4, -0.2) is 4.98 Å². The van der Waals surface area contributed by atoms with Gasteiger partial charge in [0.25, 0.3) is 0 Å². The molecule has 1 nitrogen and oxygen atoms in total. The summed E-state index contributed by atoms with van der Waals surface area (Å²) >= 11 is 1.73. The van der Waals surface area contributed by atoms with Gasteiger partial charge < -0.3 is 0 Å². The van der Waals surface area contributed by atoms with Crippen LogP contribution in [0.15, 0.2) is 23.7 Å². The van der Waals surface area contributed by atoms with E-state index in [1.165, 1.54) is 29.5 Å². The SMILES string of the molecule is CCCC(C)Cc1ccc2ncsc2c1. The number of fused-ring (bicyclic) bond motifs is 1. The highest BCUT2D eigenvalue weighted by atomic mass is 32.1. The standard InChI is InChI=1S/C13H17NS/c1-3-4-10(2)7-11-5-6-12-13(8-11)15-9-14-12/h5-6,8-10H,3-4,7H2,1-2H3. The van der Waals surface area contributed by atoms with E-state index in [-0.39, 0.29) is 0 Å². The van der Waals surface area contributed by atoms with Crippen molar-refractivity contribution in [2.45, 2.75) is 33.1 Å². The number of hydrogen-bond donors (Lipinski definition) is 0. The van der Waals surface area contributed by atoms with Gasteiger partial charge in [0, 0.05) is 0 Å². The Kier molecular flexibility index (Phi) is 3.37. The second-order valence-corrected chi connectivity index (χ2v) is 5.14. The second-order valence-electron chi connectivity index (χ2n) is 4.25. The van der Waals surface area contributed by atoms with E-state index < -0.39 is 0 Å². The minimum atomic E-state index is 0.792. The molecule has 0 radical (unpaired) electrons. The molecule has 0 fully saturated rings. The first kappa shape index (κ1) is 10.6. The van der Waals surface area contributed by atoms with Crippen molar-refractivity contribution in [2.24, 2.45) is 5.92 Å². The molecule has 0 saturated carbocycles. The van der Waals surface area contributed by atoms with Gasteiger partial charge in [-0.15, -0.1) is 11.3 Å². The highest BCUT2D eigenvalue weighted by molar-refractivity contribution is 7.16. The number of hydrogen-bond acceptors (Lipinski definition) is 2. The van der Waals surface area contributed by atoms with Crippen molar-refractivity contribution in [3.8, 4) is 0 Å². The van der Waals surface area contributed by atoms with Crippen LogP contribution in [-0.2, 0) is 6.42 Å². The average molecular weight is 219 g/mol. The fraction of sp³-hybridized carbons (Fsp3) is 0.462. The molecule has 2 aromatic rings. The molecule has 1 unspecified atom stereocenters. The van der Waals surface area contributed by atoms with Gasteiger partial charge in [0.1, 0.15) is 0 Å². The van der Waals surface area contributed by atoms with Crippen molar-refractivity contribution in [3.63, 3.8) is 0 Å². The Balaban J connectivity index is 2.14.